The molecule has 0 radical (unpaired) electrons. The molecule has 2 rings (SSSR count). The summed E-state index contributed by atoms with van der Waals surface area (Å²) in [6, 6.07) is 9.36. The van der Waals surface area contributed by atoms with Crippen LogP contribution >= 0.6 is 11.3 Å². The quantitative estimate of drug-likeness (QED) is 0.681. The molecule has 0 spiro atoms. The molecule has 0 unspecified atom stereocenters. The lowest BCUT2D eigenvalue weighted by atomic mass is 10.2. The Labute approximate surface area is 117 Å². The number of thiophene rings is 1. The van der Waals surface area contributed by atoms with Crippen LogP contribution in [0.3, 0.4) is 0 Å². The molecule has 20 heavy (non-hydrogen) atoms. The van der Waals surface area contributed by atoms with Crippen molar-refractivity contribution in [1.82, 2.24) is 5.43 Å². The summed E-state index contributed by atoms with van der Waals surface area (Å²) in [6.07, 6.45) is 1.41. The molecule has 0 saturated carbocycles. The van der Waals surface area contributed by atoms with Gasteiger partial charge >= 0.3 is 6.61 Å². The van der Waals surface area contributed by atoms with E-state index in [2.05, 4.69) is 15.3 Å². The molecule has 0 fully saturated rings. The van der Waals surface area contributed by atoms with E-state index < -0.39 is 6.61 Å². The van der Waals surface area contributed by atoms with Crippen LogP contribution in [0.1, 0.15) is 15.2 Å². The summed E-state index contributed by atoms with van der Waals surface area (Å²) in [5, 5.41) is 5.57. The fourth-order valence-electron chi connectivity index (χ4n) is 1.36. The molecule has 104 valence electrons. The van der Waals surface area contributed by atoms with Crippen molar-refractivity contribution in [2.24, 2.45) is 5.10 Å². The SMILES string of the molecule is O=C(NN=Cc1ccc(OC(F)F)cc1)c1cccs1. The molecule has 1 heterocycles. The van der Waals surface area contributed by atoms with Crippen LogP contribution < -0.4 is 10.2 Å². The number of rotatable bonds is 5. The predicted octanol–water partition coefficient (Wildman–Crippen LogP) is 3.11. The van der Waals surface area contributed by atoms with Crippen molar-refractivity contribution < 1.29 is 18.3 Å². The number of amides is 1. The van der Waals surface area contributed by atoms with E-state index in [1.54, 1.807) is 29.6 Å². The maximum atomic E-state index is 12.0. The van der Waals surface area contributed by atoms with Crippen molar-refractivity contribution in [3.8, 4) is 5.75 Å². The Morgan fingerprint density at radius 1 is 1.30 bits per heavy atom. The van der Waals surface area contributed by atoms with E-state index in [-0.39, 0.29) is 11.7 Å². The van der Waals surface area contributed by atoms with Crippen LogP contribution in [0.4, 0.5) is 8.78 Å². The number of hydrogen-bond donors (Lipinski definition) is 1. The molecule has 4 nitrogen and oxygen atoms in total. The lowest BCUT2D eigenvalue weighted by Gasteiger charge is -2.03. The number of carbonyl (C=O) groups is 1. The molecule has 0 bridgehead atoms. The standard InChI is InChI=1S/C13H10F2N2O2S/c14-13(15)19-10-5-3-9(4-6-10)8-16-17-12(18)11-2-1-7-20-11/h1-8,13H,(H,17,18). The number of alkyl halides is 2. The van der Waals surface area contributed by atoms with Crippen molar-refractivity contribution in [1.29, 1.82) is 0 Å². The topological polar surface area (TPSA) is 50.7 Å². The van der Waals surface area contributed by atoms with Gasteiger partial charge in [0, 0.05) is 0 Å². The van der Waals surface area contributed by atoms with Crippen molar-refractivity contribution in [2.45, 2.75) is 6.61 Å². The molecule has 1 aromatic heterocycles. The minimum atomic E-state index is -2.85. The first kappa shape index (κ1) is 14.1. The van der Waals surface area contributed by atoms with Gasteiger partial charge in [-0.15, -0.1) is 11.3 Å². The van der Waals surface area contributed by atoms with Crippen LogP contribution in [-0.4, -0.2) is 18.7 Å². The Morgan fingerprint density at radius 3 is 2.65 bits per heavy atom. The molecule has 7 heteroatoms. The third-order valence-corrected chi connectivity index (χ3v) is 3.10. The van der Waals surface area contributed by atoms with E-state index in [1.165, 1.54) is 29.7 Å². The van der Waals surface area contributed by atoms with Crippen LogP contribution in [0.5, 0.6) is 5.75 Å². The molecule has 1 aromatic carbocycles. The number of halogens is 2. The van der Waals surface area contributed by atoms with Gasteiger partial charge in [-0.05, 0) is 41.3 Å². The third-order valence-electron chi connectivity index (χ3n) is 2.23. The zero-order chi connectivity index (χ0) is 14.4. The molecular formula is C13H10F2N2O2S. The zero-order valence-corrected chi connectivity index (χ0v) is 10.9. The smallest absolute Gasteiger partial charge is 0.387 e. The number of hydrazone groups is 1. The van der Waals surface area contributed by atoms with Crippen LogP contribution in [0.15, 0.2) is 46.9 Å². The number of nitrogens with one attached hydrogen (secondary N) is 1. The first-order chi connectivity index (χ1) is 9.65. The average molecular weight is 296 g/mol. The summed E-state index contributed by atoms with van der Waals surface area (Å²) in [6.45, 7) is -2.85. The number of carbonyl (C=O) groups excluding carboxylic acids is 1. The first-order valence-electron chi connectivity index (χ1n) is 5.57. The van der Waals surface area contributed by atoms with E-state index in [4.69, 9.17) is 0 Å². The fraction of sp³-hybridized carbons (Fsp3) is 0.0769. The molecule has 0 aliphatic heterocycles. The van der Waals surface area contributed by atoms with Gasteiger partial charge in [0.05, 0.1) is 11.1 Å². The highest BCUT2D eigenvalue weighted by molar-refractivity contribution is 7.12. The first-order valence-corrected chi connectivity index (χ1v) is 6.45. The second kappa shape index (κ2) is 6.76. The van der Waals surface area contributed by atoms with Gasteiger partial charge in [0.1, 0.15) is 5.75 Å². The summed E-state index contributed by atoms with van der Waals surface area (Å²) in [5.74, 6) is -0.228. The lowest BCUT2D eigenvalue weighted by Crippen LogP contribution is -2.16. The Kier molecular flexibility index (Phi) is 4.78. The van der Waals surface area contributed by atoms with Gasteiger partial charge in [0.15, 0.2) is 0 Å². The summed E-state index contributed by atoms with van der Waals surface area (Å²) >= 11 is 1.31. The van der Waals surface area contributed by atoms with Gasteiger partial charge in [0.2, 0.25) is 0 Å². The Hall–Kier alpha value is -2.28. The molecule has 1 N–H and O–H groups in total. The van der Waals surface area contributed by atoms with Gasteiger partial charge in [-0.25, -0.2) is 5.43 Å². The minimum absolute atomic E-state index is 0.0692. The van der Waals surface area contributed by atoms with Gasteiger partial charge in [-0.2, -0.15) is 13.9 Å². The second-order valence-electron chi connectivity index (χ2n) is 3.62. The number of hydrogen-bond acceptors (Lipinski definition) is 4. The average Bonchev–Trinajstić information content (AvgIpc) is 2.94. The van der Waals surface area contributed by atoms with Gasteiger partial charge in [-0.3, -0.25) is 4.79 Å². The number of nitrogens with zero attached hydrogens (tertiary/aromatic N) is 1. The number of benzene rings is 1. The van der Waals surface area contributed by atoms with Crippen LogP contribution in [0.25, 0.3) is 0 Å². The van der Waals surface area contributed by atoms with Crippen LogP contribution in [-0.2, 0) is 0 Å². The predicted molar refractivity (Wildman–Crippen MR) is 72.5 cm³/mol. The van der Waals surface area contributed by atoms with Crippen LogP contribution in [0, 0.1) is 0 Å². The maximum Gasteiger partial charge on any atom is 0.387 e. The molecule has 1 amide bonds. The summed E-state index contributed by atoms with van der Waals surface area (Å²) in [4.78, 5) is 12.1. The number of ether oxygens (including phenoxy) is 1. The van der Waals surface area contributed by atoms with E-state index in [0.717, 1.165) is 0 Å². The maximum absolute atomic E-state index is 12.0. The largest absolute Gasteiger partial charge is 0.435 e. The van der Waals surface area contributed by atoms with Gasteiger partial charge in [0.25, 0.3) is 5.91 Å². The molecule has 0 aliphatic rings. The zero-order valence-electron chi connectivity index (χ0n) is 10.1. The monoisotopic (exact) mass is 296 g/mol. The van der Waals surface area contributed by atoms with Crippen molar-refractivity contribution in [3.63, 3.8) is 0 Å². The Morgan fingerprint density at radius 2 is 2.05 bits per heavy atom. The molecule has 0 saturated heterocycles. The molecule has 0 atom stereocenters. The van der Waals surface area contributed by atoms with E-state index in [9.17, 15) is 13.6 Å². The highest BCUT2D eigenvalue weighted by Gasteiger charge is 2.04. The lowest BCUT2D eigenvalue weighted by molar-refractivity contribution is -0.0498. The van der Waals surface area contributed by atoms with Gasteiger partial charge < -0.3 is 4.74 Å². The Bertz CT molecular complexity index is 583. The van der Waals surface area contributed by atoms with Crippen molar-refractivity contribution in [2.75, 3.05) is 0 Å². The second-order valence-corrected chi connectivity index (χ2v) is 4.57. The van der Waals surface area contributed by atoms with Crippen LogP contribution in [0.2, 0.25) is 0 Å². The van der Waals surface area contributed by atoms with Crippen molar-refractivity contribution in [3.05, 3.63) is 52.2 Å². The highest BCUT2D eigenvalue weighted by atomic mass is 32.1. The third kappa shape index (κ3) is 4.13. The normalized spacial score (nSPS) is 10.9. The Balaban J connectivity index is 1.89. The van der Waals surface area contributed by atoms with E-state index in [1.807, 2.05) is 0 Å². The molecular weight excluding hydrogens is 286 g/mol. The molecule has 2 aromatic rings. The van der Waals surface area contributed by atoms with E-state index >= 15 is 0 Å². The molecule has 0 aliphatic carbocycles. The van der Waals surface area contributed by atoms with Gasteiger partial charge in [-0.1, -0.05) is 6.07 Å². The minimum Gasteiger partial charge on any atom is -0.435 e. The summed E-state index contributed by atoms with van der Waals surface area (Å²) in [5.41, 5.74) is 3.02. The highest BCUT2D eigenvalue weighted by Crippen LogP contribution is 2.14. The van der Waals surface area contributed by atoms with E-state index in [0.29, 0.717) is 10.4 Å². The summed E-state index contributed by atoms with van der Waals surface area (Å²) < 4.78 is 28.1. The fourth-order valence-corrected chi connectivity index (χ4v) is 1.98. The summed E-state index contributed by atoms with van der Waals surface area (Å²) in [7, 11) is 0. The van der Waals surface area contributed by atoms with Crippen molar-refractivity contribution >= 4 is 23.5 Å².